The van der Waals surface area contributed by atoms with Gasteiger partial charge in [-0.25, -0.2) is 4.79 Å². The molecule has 1 aromatic rings. The van der Waals surface area contributed by atoms with Crippen LogP contribution in [0, 0.1) is 6.92 Å². The summed E-state index contributed by atoms with van der Waals surface area (Å²) >= 11 is 0. The highest BCUT2D eigenvalue weighted by Crippen LogP contribution is 2.20. The van der Waals surface area contributed by atoms with Crippen LogP contribution in [0.25, 0.3) is 0 Å². The molecule has 2 amide bonds. The number of benzene rings is 1. The fourth-order valence-electron chi connectivity index (χ4n) is 1.99. The van der Waals surface area contributed by atoms with Crippen LogP contribution in [-0.2, 0) is 4.79 Å². The van der Waals surface area contributed by atoms with E-state index in [0.29, 0.717) is 0 Å². The number of anilines is 1. The van der Waals surface area contributed by atoms with E-state index in [0.717, 1.165) is 11.3 Å². The molecule has 1 rings (SSSR count). The van der Waals surface area contributed by atoms with E-state index in [4.69, 9.17) is 5.11 Å². The number of carboxylic acids is 1. The first kappa shape index (κ1) is 17.0. The summed E-state index contributed by atoms with van der Waals surface area (Å²) in [5.41, 5.74) is 1.47. The molecule has 0 fully saturated rings. The van der Waals surface area contributed by atoms with E-state index in [1.54, 1.807) is 16.8 Å². The molecular weight excluding hydrogens is 268 g/mol. The van der Waals surface area contributed by atoms with Gasteiger partial charge in [0.25, 0.3) is 0 Å². The first-order valence-electron chi connectivity index (χ1n) is 6.96. The molecule has 116 valence electrons. The molecule has 0 saturated carbocycles. The Hall–Kier alpha value is -2.04. The molecule has 0 unspecified atom stereocenters. The van der Waals surface area contributed by atoms with E-state index < -0.39 is 11.5 Å². The van der Waals surface area contributed by atoms with Gasteiger partial charge in [0.15, 0.2) is 0 Å². The molecule has 5 heteroatoms. The largest absolute Gasteiger partial charge is 0.481 e. The lowest BCUT2D eigenvalue weighted by Gasteiger charge is -2.38. The van der Waals surface area contributed by atoms with Crippen LogP contribution in [0.1, 0.15) is 32.8 Å². The van der Waals surface area contributed by atoms with Gasteiger partial charge in [0.1, 0.15) is 0 Å². The van der Waals surface area contributed by atoms with E-state index in [9.17, 15) is 9.59 Å². The molecule has 0 saturated heterocycles. The normalized spacial score (nSPS) is 11.1. The average molecular weight is 292 g/mol. The summed E-state index contributed by atoms with van der Waals surface area (Å²) in [4.78, 5) is 26.6. The molecule has 1 aromatic carbocycles. The standard InChI is InChI=1S/C16H24N2O3/c1-12-6-8-13(9-7-12)17(5)15(21)18(16(2,3)4)11-10-14(19)20/h6-9H,10-11H2,1-5H3,(H,19,20). The third-order valence-electron chi connectivity index (χ3n) is 3.30. The first-order chi connectivity index (χ1) is 9.62. The molecule has 1 N–H and O–H groups in total. The minimum Gasteiger partial charge on any atom is -0.481 e. The Morgan fingerprint density at radius 3 is 2.10 bits per heavy atom. The van der Waals surface area contributed by atoms with E-state index in [-0.39, 0.29) is 19.0 Å². The number of aliphatic carboxylic acids is 1. The van der Waals surface area contributed by atoms with Crippen LogP contribution in [0.4, 0.5) is 10.5 Å². The molecule has 0 aliphatic rings. The maximum atomic E-state index is 12.6. The smallest absolute Gasteiger partial charge is 0.324 e. The summed E-state index contributed by atoms with van der Waals surface area (Å²) < 4.78 is 0. The van der Waals surface area contributed by atoms with E-state index in [2.05, 4.69) is 0 Å². The van der Waals surface area contributed by atoms with E-state index in [1.807, 2.05) is 52.0 Å². The fourth-order valence-corrected chi connectivity index (χ4v) is 1.99. The van der Waals surface area contributed by atoms with Crippen molar-refractivity contribution >= 4 is 17.7 Å². The van der Waals surface area contributed by atoms with Crippen molar-refractivity contribution in [1.82, 2.24) is 4.90 Å². The summed E-state index contributed by atoms with van der Waals surface area (Å²) in [6, 6.07) is 7.44. The molecule has 0 aliphatic heterocycles. The predicted molar refractivity (Wildman–Crippen MR) is 83.7 cm³/mol. The Morgan fingerprint density at radius 1 is 1.14 bits per heavy atom. The van der Waals surface area contributed by atoms with E-state index in [1.165, 1.54) is 0 Å². The summed E-state index contributed by atoms with van der Waals surface area (Å²) in [5.74, 6) is -0.907. The van der Waals surface area contributed by atoms with Crippen molar-refractivity contribution in [3.63, 3.8) is 0 Å². The Labute approximate surface area is 126 Å². The van der Waals surface area contributed by atoms with Crippen LogP contribution in [-0.4, -0.2) is 41.1 Å². The van der Waals surface area contributed by atoms with Crippen molar-refractivity contribution in [1.29, 1.82) is 0 Å². The molecule has 0 radical (unpaired) electrons. The lowest BCUT2D eigenvalue weighted by Crippen LogP contribution is -2.51. The van der Waals surface area contributed by atoms with Gasteiger partial charge >= 0.3 is 12.0 Å². The van der Waals surface area contributed by atoms with Crippen LogP contribution in [0.3, 0.4) is 0 Å². The number of hydrogen-bond donors (Lipinski definition) is 1. The Kier molecular flexibility index (Phi) is 5.35. The first-order valence-corrected chi connectivity index (χ1v) is 6.96. The molecule has 0 spiro atoms. The highest BCUT2D eigenvalue weighted by Gasteiger charge is 2.29. The summed E-state index contributed by atoms with van der Waals surface area (Å²) in [5, 5.41) is 8.84. The van der Waals surface area contributed by atoms with Crippen LogP contribution in [0.15, 0.2) is 24.3 Å². The number of nitrogens with zero attached hydrogens (tertiary/aromatic N) is 2. The Balaban J connectivity index is 2.93. The molecule has 0 aliphatic carbocycles. The molecule has 21 heavy (non-hydrogen) atoms. The van der Waals surface area contributed by atoms with Gasteiger partial charge in [-0.1, -0.05) is 17.7 Å². The van der Waals surface area contributed by atoms with Gasteiger partial charge in [0.2, 0.25) is 0 Å². The van der Waals surface area contributed by atoms with Gasteiger partial charge in [-0.15, -0.1) is 0 Å². The molecule has 0 atom stereocenters. The molecular formula is C16H24N2O3. The highest BCUT2D eigenvalue weighted by molar-refractivity contribution is 5.92. The van der Waals surface area contributed by atoms with Crippen molar-refractivity contribution in [2.45, 2.75) is 39.7 Å². The number of hydrogen-bond acceptors (Lipinski definition) is 2. The summed E-state index contributed by atoms with van der Waals surface area (Å²) in [6.07, 6.45) is -0.0647. The zero-order valence-electron chi connectivity index (χ0n) is 13.4. The monoisotopic (exact) mass is 292 g/mol. The number of rotatable bonds is 4. The third-order valence-corrected chi connectivity index (χ3v) is 3.30. The topological polar surface area (TPSA) is 60.9 Å². The van der Waals surface area contributed by atoms with Gasteiger partial charge in [0.05, 0.1) is 6.42 Å². The van der Waals surface area contributed by atoms with Crippen molar-refractivity contribution in [2.75, 3.05) is 18.5 Å². The highest BCUT2D eigenvalue weighted by atomic mass is 16.4. The third kappa shape index (κ3) is 4.77. The number of urea groups is 1. The minimum atomic E-state index is -0.907. The SMILES string of the molecule is Cc1ccc(N(C)C(=O)N(CCC(=O)O)C(C)(C)C)cc1. The Bertz CT molecular complexity index is 503. The average Bonchev–Trinajstić information content (AvgIpc) is 2.36. The van der Waals surface area contributed by atoms with Crippen molar-refractivity contribution < 1.29 is 14.7 Å². The second-order valence-corrected chi connectivity index (χ2v) is 6.14. The van der Waals surface area contributed by atoms with Crippen LogP contribution < -0.4 is 4.90 Å². The van der Waals surface area contributed by atoms with Crippen LogP contribution in [0.5, 0.6) is 0 Å². The number of amides is 2. The van der Waals surface area contributed by atoms with Gasteiger partial charge in [-0.2, -0.15) is 0 Å². The Morgan fingerprint density at radius 2 is 1.67 bits per heavy atom. The molecule has 0 bridgehead atoms. The van der Waals surface area contributed by atoms with Gasteiger partial charge in [-0.05, 0) is 39.8 Å². The maximum Gasteiger partial charge on any atom is 0.324 e. The molecule has 5 nitrogen and oxygen atoms in total. The zero-order chi connectivity index (χ0) is 16.2. The number of carbonyl (C=O) groups is 2. The van der Waals surface area contributed by atoms with Crippen molar-refractivity contribution in [3.8, 4) is 0 Å². The zero-order valence-corrected chi connectivity index (χ0v) is 13.4. The lowest BCUT2D eigenvalue weighted by atomic mass is 10.1. The second kappa shape index (κ2) is 6.61. The number of carbonyl (C=O) groups excluding carboxylic acids is 1. The van der Waals surface area contributed by atoms with E-state index >= 15 is 0 Å². The summed E-state index contributed by atoms with van der Waals surface area (Å²) in [6.45, 7) is 7.87. The quantitative estimate of drug-likeness (QED) is 0.927. The molecule has 0 aromatic heterocycles. The number of aryl methyl sites for hydroxylation is 1. The minimum absolute atomic E-state index is 0.0647. The fraction of sp³-hybridized carbons (Fsp3) is 0.500. The van der Waals surface area contributed by atoms with Crippen LogP contribution in [0.2, 0.25) is 0 Å². The van der Waals surface area contributed by atoms with Crippen molar-refractivity contribution in [3.05, 3.63) is 29.8 Å². The predicted octanol–water partition coefficient (Wildman–Crippen LogP) is 3.13. The van der Waals surface area contributed by atoms with Gasteiger partial charge < -0.3 is 10.0 Å². The van der Waals surface area contributed by atoms with Gasteiger partial charge in [-0.3, -0.25) is 9.69 Å². The number of carboxylic acid groups (broad SMARTS) is 1. The van der Waals surface area contributed by atoms with Crippen molar-refractivity contribution in [2.24, 2.45) is 0 Å². The second-order valence-electron chi connectivity index (χ2n) is 6.14. The summed E-state index contributed by atoms with van der Waals surface area (Å²) in [7, 11) is 1.70. The maximum absolute atomic E-state index is 12.6. The molecule has 0 heterocycles. The lowest BCUT2D eigenvalue weighted by molar-refractivity contribution is -0.137. The van der Waals surface area contributed by atoms with Gasteiger partial charge in [0, 0.05) is 24.8 Å². The van der Waals surface area contributed by atoms with Crippen LogP contribution >= 0.6 is 0 Å².